The Morgan fingerprint density at radius 3 is 2.20 bits per heavy atom. The third-order valence-electron chi connectivity index (χ3n) is 5.53. The molecular formula is C27H29ClN2O4S. The minimum Gasteiger partial charge on any atom is -0.461 e. The zero-order valence-electron chi connectivity index (χ0n) is 19.8. The number of benzene rings is 3. The van der Waals surface area contributed by atoms with Gasteiger partial charge in [-0.05, 0) is 55.4 Å². The van der Waals surface area contributed by atoms with Gasteiger partial charge in [-0.3, -0.25) is 0 Å². The molecule has 8 heteroatoms. The SMILES string of the molecule is CN(C)CCCOC(=O)c1cc2cc(-c3ccccc3)ccc2n1S(=O)(=O)Cc1ccccc1.Cl. The third kappa shape index (κ3) is 6.31. The number of fused-ring (bicyclic) bond motifs is 1. The number of ether oxygens (including phenoxy) is 1. The number of esters is 1. The predicted octanol–water partition coefficient (Wildman–Crippen LogP) is 5.22. The van der Waals surface area contributed by atoms with Crippen molar-refractivity contribution in [1.82, 2.24) is 8.87 Å². The third-order valence-corrected chi connectivity index (χ3v) is 7.17. The predicted molar refractivity (Wildman–Crippen MR) is 143 cm³/mol. The highest BCUT2D eigenvalue weighted by Gasteiger charge is 2.26. The van der Waals surface area contributed by atoms with Gasteiger partial charge < -0.3 is 9.64 Å². The van der Waals surface area contributed by atoms with Gasteiger partial charge in [-0.15, -0.1) is 12.4 Å². The molecule has 4 aromatic rings. The summed E-state index contributed by atoms with van der Waals surface area (Å²) in [6.45, 7) is 0.982. The number of rotatable bonds is 9. The van der Waals surface area contributed by atoms with Gasteiger partial charge in [-0.25, -0.2) is 17.2 Å². The minimum atomic E-state index is -3.89. The number of halogens is 1. The van der Waals surface area contributed by atoms with Crippen LogP contribution in [0, 0.1) is 0 Å². The summed E-state index contributed by atoms with van der Waals surface area (Å²) in [5.74, 6) is -0.869. The molecule has 4 rings (SSSR count). The van der Waals surface area contributed by atoms with E-state index in [9.17, 15) is 13.2 Å². The summed E-state index contributed by atoms with van der Waals surface area (Å²) in [6, 6.07) is 25.9. The molecule has 0 radical (unpaired) electrons. The molecule has 0 amide bonds. The number of carbonyl (C=O) groups excluding carboxylic acids is 1. The van der Waals surface area contributed by atoms with E-state index in [4.69, 9.17) is 4.74 Å². The molecule has 0 aliphatic carbocycles. The number of nitrogens with zero attached hydrogens (tertiary/aromatic N) is 2. The van der Waals surface area contributed by atoms with Crippen LogP contribution in [-0.2, 0) is 20.5 Å². The van der Waals surface area contributed by atoms with E-state index in [0.29, 0.717) is 22.9 Å². The van der Waals surface area contributed by atoms with Crippen LogP contribution < -0.4 is 0 Å². The number of aromatic nitrogens is 1. The molecule has 0 spiro atoms. The first-order valence-corrected chi connectivity index (χ1v) is 12.8. The van der Waals surface area contributed by atoms with Crippen LogP contribution in [0.2, 0.25) is 0 Å². The lowest BCUT2D eigenvalue weighted by Gasteiger charge is -2.13. The van der Waals surface area contributed by atoms with E-state index >= 15 is 0 Å². The summed E-state index contributed by atoms with van der Waals surface area (Å²) in [7, 11) is 0.00305. The van der Waals surface area contributed by atoms with Crippen LogP contribution >= 0.6 is 12.4 Å². The van der Waals surface area contributed by atoms with E-state index in [2.05, 4.69) is 0 Å². The highest BCUT2D eigenvalue weighted by atomic mass is 35.5. The van der Waals surface area contributed by atoms with Crippen LogP contribution in [0.25, 0.3) is 22.0 Å². The van der Waals surface area contributed by atoms with Crippen LogP contribution in [0.4, 0.5) is 0 Å². The Bertz CT molecular complexity index is 1380. The first kappa shape index (κ1) is 26.5. The molecule has 3 aromatic carbocycles. The quantitative estimate of drug-likeness (QED) is 0.227. The van der Waals surface area contributed by atoms with E-state index in [1.165, 1.54) is 0 Å². The Morgan fingerprint density at radius 2 is 1.54 bits per heavy atom. The fourth-order valence-corrected chi connectivity index (χ4v) is 5.55. The zero-order chi connectivity index (χ0) is 24.1. The molecule has 0 atom stereocenters. The highest BCUT2D eigenvalue weighted by Crippen LogP contribution is 2.29. The Labute approximate surface area is 212 Å². The van der Waals surface area contributed by atoms with Gasteiger partial charge in [0.15, 0.2) is 0 Å². The molecule has 0 aliphatic rings. The summed E-state index contributed by atoms with van der Waals surface area (Å²) in [4.78, 5) is 15.0. The van der Waals surface area contributed by atoms with E-state index in [1.54, 1.807) is 36.4 Å². The Kier molecular flexibility index (Phi) is 8.72. The van der Waals surface area contributed by atoms with E-state index in [0.717, 1.165) is 21.6 Å². The van der Waals surface area contributed by atoms with Crippen molar-refractivity contribution in [3.05, 3.63) is 96.2 Å². The zero-order valence-corrected chi connectivity index (χ0v) is 21.4. The topological polar surface area (TPSA) is 68.6 Å². The van der Waals surface area contributed by atoms with Crippen molar-refractivity contribution in [1.29, 1.82) is 0 Å². The largest absolute Gasteiger partial charge is 0.461 e. The fourth-order valence-electron chi connectivity index (χ4n) is 3.91. The van der Waals surface area contributed by atoms with Crippen molar-refractivity contribution in [2.75, 3.05) is 27.2 Å². The van der Waals surface area contributed by atoms with Crippen molar-refractivity contribution in [3.63, 3.8) is 0 Å². The number of carbonyl (C=O) groups is 1. The van der Waals surface area contributed by atoms with Gasteiger partial charge in [0.25, 0.3) is 0 Å². The summed E-state index contributed by atoms with van der Waals surface area (Å²) in [5.41, 5.74) is 3.07. The standard InChI is InChI=1S/C27H28N2O4S.ClH/c1-28(2)16-9-17-33-27(30)26-19-24-18-23(22-12-7-4-8-13-22)14-15-25(24)29(26)34(31,32)20-21-10-5-3-6-11-21;/h3-8,10-15,18-19H,9,16-17,20H2,1-2H3;1H. The van der Waals surface area contributed by atoms with Crippen molar-refractivity contribution in [3.8, 4) is 11.1 Å². The van der Waals surface area contributed by atoms with Gasteiger partial charge in [-0.1, -0.05) is 66.7 Å². The van der Waals surface area contributed by atoms with Crippen LogP contribution in [0.15, 0.2) is 84.9 Å². The molecule has 184 valence electrons. The minimum absolute atomic E-state index is 0. The van der Waals surface area contributed by atoms with Crippen molar-refractivity contribution in [2.24, 2.45) is 0 Å². The molecule has 0 unspecified atom stereocenters. The second-order valence-electron chi connectivity index (χ2n) is 8.47. The lowest BCUT2D eigenvalue weighted by Crippen LogP contribution is -2.22. The molecule has 0 saturated heterocycles. The Morgan fingerprint density at radius 1 is 0.886 bits per heavy atom. The highest BCUT2D eigenvalue weighted by molar-refractivity contribution is 7.89. The summed E-state index contributed by atoms with van der Waals surface area (Å²) in [5, 5.41) is 0.665. The first-order chi connectivity index (χ1) is 16.3. The molecule has 6 nitrogen and oxygen atoms in total. The molecule has 0 bridgehead atoms. The van der Waals surface area contributed by atoms with Crippen LogP contribution in [0.5, 0.6) is 0 Å². The molecule has 0 fully saturated rings. The molecule has 0 N–H and O–H groups in total. The average Bonchev–Trinajstić information content (AvgIpc) is 3.22. The van der Waals surface area contributed by atoms with Gasteiger partial charge in [0, 0.05) is 11.9 Å². The normalized spacial score (nSPS) is 11.4. The Hall–Kier alpha value is -3.13. The smallest absolute Gasteiger partial charge is 0.356 e. The van der Waals surface area contributed by atoms with Crippen LogP contribution in [-0.4, -0.2) is 50.5 Å². The fraction of sp³-hybridized carbons (Fsp3) is 0.222. The molecule has 1 aromatic heterocycles. The maximum absolute atomic E-state index is 13.5. The number of hydrogen-bond acceptors (Lipinski definition) is 5. The first-order valence-electron chi connectivity index (χ1n) is 11.1. The molecule has 35 heavy (non-hydrogen) atoms. The molecular weight excluding hydrogens is 484 g/mol. The van der Waals surface area contributed by atoms with Crippen molar-refractivity contribution < 1.29 is 17.9 Å². The number of hydrogen-bond donors (Lipinski definition) is 0. The van der Waals surface area contributed by atoms with E-state index in [1.807, 2.05) is 67.5 Å². The monoisotopic (exact) mass is 512 g/mol. The van der Waals surface area contributed by atoms with Crippen molar-refractivity contribution >= 4 is 39.3 Å². The van der Waals surface area contributed by atoms with Gasteiger partial charge in [0.1, 0.15) is 5.69 Å². The van der Waals surface area contributed by atoms with Gasteiger partial charge in [0.05, 0.1) is 17.9 Å². The summed E-state index contributed by atoms with van der Waals surface area (Å²) < 4.78 is 33.6. The summed E-state index contributed by atoms with van der Waals surface area (Å²) >= 11 is 0. The molecule has 0 saturated carbocycles. The maximum atomic E-state index is 13.5. The average molecular weight is 513 g/mol. The van der Waals surface area contributed by atoms with Crippen LogP contribution in [0.1, 0.15) is 22.5 Å². The Balaban J connectivity index is 0.00000342. The van der Waals surface area contributed by atoms with E-state index in [-0.39, 0.29) is 30.5 Å². The van der Waals surface area contributed by atoms with E-state index < -0.39 is 16.0 Å². The van der Waals surface area contributed by atoms with Gasteiger partial charge >= 0.3 is 5.97 Å². The second kappa shape index (κ2) is 11.5. The lowest BCUT2D eigenvalue weighted by atomic mass is 10.0. The van der Waals surface area contributed by atoms with Gasteiger partial charge in [0.2, 0.25) is 10.0 Å². The second-order valence-corrected chi connectivity index (χ2v) is 10.3. The van der Waals surface area contributed by atoms with Crippen LogP contribution in [0.3, 0.4) is 0 Å². The lowest BCUT2D eigenvalue weighted by molar-refractivity contribution is 0.0485. The molecule has 1 heterocycles. The molecule has 0 aliphatic heterocycles. The maximum Gasteiger partial charge on any atom is 0.356 e. The van der Waals surface area contributed by atoms with Gasteiger partial charge in [-0.2, -0.15) is 0 Å². The summed E-state index contributed by atoms with van der Waals surface area (Å²) in [6.07, 6.45) is 0.661. The van der Waals surface area contributed by atoms with Crippen molar-refractivity contribution in [2.45, 2.75) is 12.2 Å².